The second-order valence-corrected chi connectivity index (χ2v) is 6.43. The van der Waals surface area contributed by atoms with E-state index in [4.69, 9.17) is 9.15 Å². The Kier molecular flexibility index (Phi) is 4.08. The molecule has 2 aromatic heterocycles. The van der Waals surface area contributed by atoms with Gasteiger partial charge in [-0.05, 0) is 19.1 Å². The minimum absolute atomic E-state index is 0.0466. The summed E-state index contributed by atoms with van der Waals surface area (Å²) in [6.45, 7) is 3.12. The molecular formula is C19H19N3O4. The number of aryl methyl sites for hydroxylation is 2. The molecule has 0 radical (unpaired) electrons. The molecular weight excluding hydrogens is 334 g/mol. The molecule has 3 aromatic rings. The smallest absolute Gasteiger partial charge is 0.289 e. The number of hydrogen-bond acceptors (Lipinski definition) is 5. The molecule has 7 heteroatoms. The quantitative estimate of drug-likeness (QED) is 0.705. The molecule has 1 atom stereocenters. The predicted octanol–water partition coefficient (Wildman–Crippen LogP) is 2.05. The number of benzene rings is 1. The molecule has 1 aliphatic heterocycles. The first kappa shape index (κ1) is 16.5. The van der Waals surface area contributed by atoms with Gasteiger partial charge >= 0.3 is 0 Å². The number of nitrogens with zero attached hydrogens (tertiary/aromatic N) is 3. The van der Waals surface area contributed by atoms with Crippen molar-refractivity contribution in [3.63, 3.8) is 0 Å². The summed E-state index contributed by atoms with van der Waals surface area (Å²) in [5.74, 6) is 0.511. The van der Waals surface area contributed by atoms with Gasteiger partial charge < -0.3 is 18.6 Å². The van der Waals surface area contributed by atoms with Crippen LogP contribution in [0, 0.1) is 6.92 Å². The Morgan fingerprint density at radius 1 is 1.31 bits per heavy atom. The molecule has 0 spiro atoms. The standard InChI is InChI=1S/C19H19N3O4/c1-12-10-21(2)18(20-12)17-11-22(7-8-25-17)19(24)16-9-14(23)13-5-3-4-6-15(13)26-16/h3-6,9-10,17H,7-8,11H2,1-2H3/t17-/m1/s1. The predicted molar refractivity (Wildman–Crippen MR) is 95.0 cm³/mol. The van der Waals surface area contributed by atoms with Gasteiger partial charge in [0.25, 0.3) is 5.91 Å². The van der Waals surface area contributed by atoms with Crippen LogP contribution < -0.4 is 5.43 Å². The average Bonchev–Trinajstić information content (AvgIpc) is 2.99. The second-order valence-electron chi connectivity index (χ2n) is 6.43. The van der Waals surface area contributed by atoms with Crippen LogP contribution in [0.3, 0.4) is 0 Å². The fraction of sp³-hybridized carbons (Fsp3) is 0.316. The third-order valence-corrected chi connectivity index (χ3v) is 4.52. The zero-order valence-corrected chi connectivity index (χ0v) is 14.6. The van der Waals surface area contributed by atoms with E-state index in [1.54, 1.807) is 29.2 Å². The van der Waals surface area contributed by atoms with Gasteiger partial charge in [0.2, 0.25) is 0 Å². The van der Waals surface area contributed by atoms with E-state index < -0.39 is 0 Å². The number of carbonyl (C=O) groups is 1. The number of imidazole rings is 1. The molecule has 4 rings (SSSR count). The number of hydrogen-bond donors (Lipinski definition) is 0. The fourth-order valence-electron chi connectivity index (χ4n) is 3.29. The second kappa shape index (κ2) is 6.42. The highest BCUT2D eigenvalue weighted by Gasteiger charge is 2.30. The van der Waals surface area contributed by atoms with E-state index in [9.17, 15) is 9.59 Å². The van der Waals surface area contributed by atoms with Crippen LogP contribution in [-0.2, 0) is 11.8 Å². The number of ether oxygens (including phenoxy) is 1. The third-order valence-electron chi connectivity index (χ3n) is 4.52. The number of amides is 1. The molecule has 0 unspecified atom stereocenters. The lowest BCUT2D eigenvalue weighted by Crippen LogP contribution is -2.43. The molecule has 0 saturated carbocycles. The number of fused-ring (bicyclic) bond motifs is 1. The molecule has 1 amide bonds. The van der Waals surface area contributed by atoms with E-state index in [1.807, 2.05) is 24.7 Å². The Morgan fingerprint density at radius 2 is 2.12 bits per heavy atom. The molecule has 0 bridgehead atoms. The molecule has 3 heterocycles. The average molecular weight is 353 g/mol. The first-order valence-electron chi connectivity index (χ1n) is 8.46. The van der Waals surface area contributed by atoms with E-state index in [1.165, 1.54) is 6.07 Å². The van der Waals surface area contributed by atoms with Gasteiger partial charge in [0.15, 0.2) is 11.2 Å². The molecule has 26 heavy (non-hydrogen) atoms. The highest BCUT2D eigenvalue weighted by molar-refractivity contribution is 5.93. The molecule has 1 fully saturated rings. The number of carbonyl (C=O) groups excluding carboxylic acids is 1. The SMILES string of the molecule is Cc1cn(C)c([C@H]2CN(C(=O)c3cc(=O)c4ccccc4o3)CCO2)n1. The summed E-state index contributed by atoms with van der Waals surface area (Å²) in [5.41, 5.74) is 1.09. The van der Waals surface area contributed by atoms with Crippen molar-refractivity contribution < 1.29 is 13.9 Å². The van der Waals surface area contributed by atoms with Gasteiger partial charge in [0.05, 0.1) is 24.2 Å². The van der Waals surface area contributed by atoms with Crippen molar-refractivity contribution in [1.29, 1.82) is 0 Å². The maximum absolute atomic E-state index is 12.9. The maximum atomic E-state index is 12.9. The summed E-state index contributed by atoms with van der Waals surface area (Å²) in [5, 5.41) is 0.465. The van der Waals surface area contributed by atoms with Gasteiger partial charge in [0, 0.05) is 25.9 Å². The lowest BCUT2D eigenvalue weighted by Gasteiger charge is -2.32. The van der Waals surface area contributed by atoms with Crippen LogP contribution in [0.5, 0.6) is 0 Å². The topological polar surface area (TPSA) is 77.6 Å². The summed E-state index contributed by atoms with van der Waals surface area (Å²) in [6.07, 6.45) is 1.61. The molecule has 0 N–H and O–H groups in total. The van der Waals surface area contributed by atoms with Crippen molar-refractivity contribution in [3.05, 3.63) is 64.0 Å². The maximum Gasteiger partial charge on any atom is 0.289 e. The minimum Gasteiger partial charge on any atom is -0.451 e. The van der Waals surface area contributed by atoms with Gasteiger partial charge in [-0.2, -0.15) is 0 Å². The first-order chi connectivity index (χ1) is 12.5. The third kappa shape index (κ3) is 2.90. The zero-order chi connectivity index (χ0) is 18.3. The van der Waals surface area contributed by atoms with Gasteiger partial charge in [0.1, 0.15) is 17.5 Å². The first-order valence-corrected chi connectivity index (χ1v) is 8.46. The fourth-order valence-corrected chi connectivity index (χ4v) is 3.29. The Balaban J connectivity index is 1.62. The number of morpholine rings is 1. The van der Waals surface area contributed by atoms with Gasteiger partial charge in [-0.1, -0.05) is 12.1 Å². The molecule has 0 aliphatic carbocycles. The van der Waals surface area contributed by atoms with Crippen molar-refractivity contribution >= 4 is 16.9 Å². The Bertz CT molecular complexity index is 1040. The van der Waals surface area contributed by atoms with Gasteiger partial charge in [-0.3, -0.25) is 9.59 Å². The lowest BCUT2D eigenvalue weighted by atomic mass is 10.2. The zero-order valence-electron chi connectivity index (χ0n) is 14.6. The molecule has 1 aromatic carbocycles. The van der Waals surface area contributed by atoms with E-state index >= 15 is 0 Å². The molecule has 1 saturated heterocycles. The van der Waals surface area contributed by atoms with Crippen LogP contribution in [-0.4, -0.2) is 40.1 Å². The van der Waals surface area contributed by atoms with Crippen LogP contribution in [0.25, 0.3) is 11.0 Å². The van der Waals surface area contributed by atoms with E-state index in [0.29, 0.717) is 30.7 Å². The highest BCUT2D eigenvalue weighted by Crippen LogP contribution is 2.23. The van der Waals surface area contributed by atoms with Gasteiger partial charge in [-0.25, -0.2) is 4.98 Å². The normalized spacial score (nSPS) is 17.6. The summed E-state index contributed by atoms with van der Waals surface area (Å²) < 4.78 is 13.4. The van der Waals surface area contributed by atoms with Crippen LogP contribution in [0.4, 0.5) is 0 Å². The van der Waals surface area contributed by atoms with Gasteiger partial charge in [-0.15, -0.1) is 0 Å². The summed E-state index contributed by atoms with van der Waals surface area (Å²) >= 11 is 0. The van der Waals surface area contributed by atoms with Crippen LogP contribution in [0.2, 0.25) is 0 Å². The van der Waals surface area contributed by atoms with Crippen LogP contribution in [0.15, 0.2) is 45.7 Å². The lowest BCUT2D eigenvalue weighted by molar-refractivity contribution is -0.0288. The Hall–Kier alpha value is -2.93. The van der Waals surface area contributed by atoms with E-state index in [-0.39, 0.29) is 23.2 Å². The number of aromatic nitrogens is 2. The molecule has 7 nitrogen and oxygen atoms in total. The van der Waals surface area contributed by atoms with Crippen molar-refractivity contribution in [2.45, 2.75) is 13.0 Å². The monoisotopic (exact) mass is 353 g/mol. The minimum atomic E-state index is -0.313. The van der Waals surface area contributed by atoms with Crippen molar-refractivity contribution in [3.8, 4) is 0 Å². The number of para-hydroxylation sites is 1. The summed E-state index contributed by atoms with van der Waals surface area (Å²) in [4.78, 5) is 31.3. The largest absolute Gasteiger partial charge is 0.451 e. The summed E-state index contributed by atoms with van der Waals surface area (Å²) in [7, 11) is 1.90. The van der Waals surface area contributed by atoms with Crippen LogP contribution >= 0.6 is 0 Å². The highest BCUT2D eigenvalue weighted by atomic mass is 16.5. The van der Waals surface area contributed by atoms with Crippen molar-refractivity contribution in [2.75, 3.05) is 19.7 Å². The Morgan fingerprint density at radius 3 is 2.88 bits per heavy atom. The summed E-state index contributed by atoms with van der Waals surface area (Å²) in [6, 6.07) is 8.17. The van der Waals surface area contributed by atoms with Crippen molar-refractivity contribution in [2.24, 2.45) is 7.05 Å². The molecule has 1 aliphatic rings. The number of rotatable bonds is 2. The van der Waals surface area contributed by atoms with E-state index in [2.05, 4.69) is 4.98 Å². The Labute approximate surface area is 149 Å². The molecule has 134 valence electrons. The van der Waals surface area contributed by atoms with Crippen LogP contribution in [0.1, 0.15) is 28.2 Å². The van der Waals surface area contributed by atoms with Crippen molar-refractivity contribution in [1.82, 2.24) is 14.5 Å². The van der Waals surface area contributed by atoms with E-state index in [0.717, 1.165) is 11.5 Å².